The van der Waals surface area contributed by atoms with Gasteiger partial charge in [-0.15, -0.1) is 0 Å². The lowest BCUT2D eigenvalue weighted by Gasteiger charge is -2.13. The van der Waals surface area contributed by atoms with Gasteiger partial charge in [-0.05, 0) is 49.4 Å². The van der Waals surface area contributed by atoms with E-state index in [1.165, 1.54) is 0 Å². The molecule has 1 aliphatic rings. The Bertz CT molecular complexity index is 1210. The van der Waals surface area contributed by atoms with E-state index in [0.717, 1.165) is 27.7 Å². The van der Waals surface area contributed by atoms with E-state index in [2.05, 4.69) is 10.4 Å². The Balaban J connectivity index is 1.83. The zero-order valence-corrected chi connectivity index (χ0v) is 17.2. The number of nitrogens with zero attached hydrogens (tertiary/aromatic N) is 3. The largest absolute Gasteiger partial charge is 0.352 e. The van der Waals surface area contributed by atoms with Crippen molar-refractivity contribution in [1.29, 1.82) is 0 Å². The fraction of sp³-hybridized carbons (Fsp3) is 0.273. The minimum Gasteiger partial charge on any atom is -0.350 e. The van der Waals surface area contributed by atoms with Crippen molar-refractivity contribution in [2.24, 2.45) is 5.92 Å². The van der Waals surface area contributed by atoms with Crippen LogP contribution < -0.4 is 16.6 Å². The van der Waals surface area contributed by atoms with E-state index in [1.807, 2.05) is 19.1 Å². The zero-order valence-electron chi connectivity index (χ0n) is 16.5. The first kappa shape index (κ1) is 20.1. The number of aryl methyl sites for hydroxylation is 1. The molecule has 0 unspecified atom stereocenters. The van der Waals surface area contributed by atoms with Gasteiger partial charge in [0.1, 0.15) is 0 Å². The molecule has 1 aromatic heterocycles. The molecule has 0 radical (unpaired) electrons. The average Bonchev–Trinajstić information content (AvgIpc) is 3.56. The molecule has 1 N–H and O–H groups in total. The molecule has 2 aromatic carbocycles. The number of nitrogens with one attached hydrogen (secondary N) is 1. The summed E-state index contributed by atoms with van der Waals surface area (Å²) in [6, 6.07) is 14.1. The van der Waals surface area contributed by atoms with Crippen molar-refractivity contribution in [2.45, 2.75) is 26.3 Å². The Morgan fingerprint density at radius 2 is 1.83 bits per heavy atom. The third-order valence-electron chi connectivity index (χ3n) is 5.09. The maximum atomic E-state index is 13.1. The van der Waals surface area contributed by atoms with E-state index in [9.17, 15) is 14.4 Å². The number of benzene rings is 2. The molecule has 0 saturated heterocycles. The minimum absolute atomic E-state index is 0.0609. The summed E-state index contributed by atoms with van der Waals surface area (Å²) < 4.78 is 2.09. The second-order valence-electron chi connectivity index (χ2n) is 7.51. The quantitative estimate of drug-likeness (QED) is 0.658. The van der Waals surface area contributed by atoms with Gasteiger partial charge in [0.25, 0.3) is 11.5 Å². The van der Waals surface area contributed by atoms with Crippen molar-refractivity contribution in [3.05, 3.63) is 91.2 Å². The van der Waals surface area contributed by atoms with Crippen LogP contribution in [0.5, 0.6) is 0 Å². The van der Waals surface area contributed by atoms with Gasteiger partial charge < -0.3 is 5.32 Å². The minimum atomic E-state index is -0.739. The van der Waals surface area contributed by atoms with Crippen LogP contribution in [0.15, 0.2) is 58.1 Å². The van der Waals surface area contributed by atoms with E-state index >= 15 is 0 Å². The molecular formula is C22H21ClN4O3. The predicted molar refractivity (Wildman–Crippen MR) is 114 cm³/mol. The number of hydrogen-bond acceptors (Lipinski definition) is 4. The van der Waals surface area contributed by atoms with Crippen LogP contribution in [-0.4, -0.2) is 26.8 Å². The van der Waals surface area contributed by atoms with Crippen LogP contribution in [0.1, 0.15) is 34.5 Å². The lowest BCUT2D eigenvalue weighted by atomic mass is 10.2. The molecule has 7 nitrogen and oxygen atoms in total. The summed E-state index contributed by atoms with van der Waals surface area (Å²) in [4.78, 5) is 38.8. The smallest absolute Gasteiger partial charge is 0.350 e. The fourth-order valence-corrected chi connectivity index (χ4v) is 3.29. The highest BCUT2D eigenvalue weighted by Gasteiger charge is 2.25. The van der Waals surface area contributed by atoms with Gasteiger partial charge in [-0.25, -0.2) is 4.79 Å². The van der Waals surface area contributed by atoms with E-state index in [4.69, 9.17) is 11.6 Å². The number of amides is 1. The third-order valence-corrected chi connectivity index (χ3v) is 5.46. The molecule has 1 fully saturated rings. The van der Waals surface area contributed by atoms with Crippen LogP contribution in [0.2, 0.25) is 5.02 Å². The monoisotopic (exact) mass is 424 g/mol. The Morgan fingerprint density at radius 1 is 1.13 bits per heavy atom. The van der Waals surface area contributed by atoms with Gasteiger partial charge in [-0.3, -0.25) is 14.2 Å². The first-order chi connectivity index (χ1) is 14.4. The van der Waals surface area contributed by atoms with Crippen LogP contribution in [0.3, 0.4) is 0 Å². The zero-order chi connectivity index (χ0) is 21.3. The van der Waals surface area contributed by atoms with Crippen LogP contribution in [0.25, 0.3) is 5.69 Å². The lowest BCUT2D eigenvalue weighted by Crippen LogP contribution is -2.46. The van der Waals surface area contributed by atoms with Gasteiger partial charge >= 0.3 is 5.69 Å². The summed E-state index contributed by atoms with van der Waals surface area (Å²) in [5.74, 6) is -0.136. The maximum absolute atomic E-state index is 13.1. The molecule has 1 saturated carbocycles. The molecule has 4 rings (SSSR count). The fourth-order valence-electron chi connectivity index (χ4n) is 3.09. The molecule has 154 valence electrons. The molecule has 1 amide bonds. The van der Waals surface area contributed by atoms with Gasteiger partial charge in [0, 0.05) is 11.6 Å². The Kier molecular flexibility index (Phi) is 5.55. The van der Waals surface area contributed by atoms with Crippen LogP contribution >= 0.6 is 11.6 Å². The van der Waals surface area contributed by atoms with Gasteiger partial charge in [-0.1, -0.05) is 47.5 Å². The van der Waals surface area contributed by atoms with Crippen molar-refractivity contribution >= 4 is 17.5 Å². The van der Waals surface area contributed by atoms with Gasteiger partial charge in [0.15, 0.2) is 0 Å². The lowest BCUT2D eigenvalue weighted by molar-refractivity contribution is 0.0942. The maximum Gasteiger partial charge on any atom is 0.352 e. The summed E-state index contributed by atoms with van der Waals surface area (Å²) in [5, 5.41) is 7.31. The third kappa shape index (κ3) is 4.21. The number of halogens is 1. The first-order valence-electron chi connectivity index (χ1n) is 9.77. The van der Waals surface area contributed by atoms with Gasteiger partial charge in [-0.2, -0.15) is 9.78 Å². The van der Waals surface area contributed by atoms with Crippen LogP contribution in [-0.2, 0) is 6.54 Å². The van der Waals surface area contributed by atoms with Crippen molar-refractivity contribution in [3.63, 3.8) is 0 Å². The number of hydrogen-bond donors (Lipinski definition) is 1. The second kappa shape index (κ2) is 8.28. The highest BCUT2D eigenvalue weighted by Crippen LogP contribution is 2.27. The molecule has 0 spiro atoms. The molecule has 8 heteroatoms. The Morgan fingerprint density at radius 3 is 2.50 bits per heavy atom. The summed E-state index contributed by atoms with van der Waals surface area (Å²) in [5.41, 5.74) is 0.389. The molecule has 0 atom stereocenters. The van der Waals surface area contributed by atoms with E-state index in [1.54, 1.807) is 36.4 Å². The number of carbonyl (C=O) groups excluding carboxylic acids is 1. The highest BCUT2D eigenvalue weighted by molar-refractivity contribution is 6.31. The predicted octanol–water partition coefficient (Wildman–Crippen LogP) is 2.54. The summed E-state index contributed by atoms with van der Waals surface area (Å²) in [6.07, 6.45) is 2.13. The van der Waals surface area contributed by atoms with Crippen molar-refractivity contribution in [3.8, 4) is 5.69 Å². The molecule has 0 bridgehead atoms. The molecule has 30 heavy (non-hydrogen) atoms. The molecule has 3 aromatic rings. The van der Waals surface area contributed by atoms with Gasteiger partial charge in [0.05, 0.1) is 12.2 Å². The first-order valence-corrected chi connectivity index (χ1v) is 10.1. The van der Waals surface area contributed by atoms with Crippen molar-refractivity contribution in [2.75, 3.05) is 6.54 Å². The average molecular weight is 425 g/mol. The number of aromatic nitrogens is 3. The second-order valence-corrected chi connectivity index (χ2v) is 7.92. The molecule has 1 heterocycles. The molecular weight excluding hydrogens is 404 g/mol. The Labute approximate surface area is 177 Å². The highest BCUT2D eigenvalue weighted by atomic mass is 35.5. The van der Waals surface area contributed by atoms with E-state index in [-0.39, 0.29) is 12.2 Å². The molecule has 0 aliphatic heterocycles. The van der Waals surface area contributed by atoms with Crippen LogP contribution in [0, 0.1) is 12.8 Å². The SMILES string of the molecule is Cc1ccc(-n2nc(C(=O)NCC3CC3)c(=O)n(Cc3ccccc3Cl)c2=O)cc1. The summed E-state index contributed by atoms with van der Waals surface area (Å²) >= 11 is 6.23. The summed E-state index contributed by atoms with van der Waals surface area (Å²) in [7, 11) is 0. The normalized spacial score (nSPS) is 13.3. The van der Waals surface area contributed by atoms with Crippen molar-refractivity contribution < 1.29 is 4.79 Å². The Hall–Kier alpha value is -3.19. The van der Waals surface area contributed by atoms with Crippen molar-refractivity contribution in [1.82, 2.24) is 19.7 Å². The number of rotatable bonds is 6. The standard InChI is InChI=1S/C22H21ClN4O3/c1-14-6-10-17(11-7-14)27-22(30)26(13-16-4-2-3-5-18(16)23)21(29)19(25-27)20(28)24-12-15-8-9-15/h2-7,10-11,15H,8-9,12-13H2,1H3,(H,24,28). The topological polar surface area (TPSA) is 86.0 Å². The van der Waals surface area contributed by atoms with E-state index < -0.39 is 17.2 Å². The number of carbonyl (C=O) groups is 1. The summed E-state index contributed by atoms with van der Waals surface area (Å²) in [6.45, 7) is 2.36. The van der Waals surface area contributed by atoms with Crippen LogP contribution in [0.4, 0.5) is 0 Å². The molecule has 1 aliphatic carbocycles. The van der Waals surface area contributed by atoms with Gasteiger partial charge in [0.2, 0.25) is 5.69 Å². The van der Waals surface area contributed by atoms with E-state index in [0.29, 0.717) is 28.7 Å².